The summed E-state index contributed by atoms with van der Waals surface area (Å²) >= 11 is 2.44. The Hall–Kier alpha value is 0.430. The Bertz CT molecular complexity index is 103. The first-order chi connectivity index (χ1) is 4.34. The maximum absolute atomic E-state index is 5.43. The van der Waals surface area contributed by atoms with Gasteiger partial charge in [-0.25, -0.2) is 0 Å². The van der Waals surface area contributed by atoms with Gasteiger partial charge in [-0.2, -0.15) is 0 Å². The van der Waals surface area contributed by atoms with Crippen molar-refractivity contribution < 1.29 is 4.74 Å². The van der Waals surface area contributed by atoms with Crippen molar-refractivity contribution in [1.29, 1.82) is 0 Å². The highest BCUT2D eigenvalue weighted by Crippen LogP contribution is 2.23. The Morgan fingerprint density at radius 3 is 3.00 bits per heavy atom. The van der Waals surface area contributed by atoms with Crippen molar-refractivity contribution in [2.75, 3.05) is 6.61 Å². The average Bonchev–Trinajstić information content (AvgIpc) is 2.18. The molecule has 1 heterocycles. The molecule has 0 N–H and O–H groups in total. The summed E-state index contributed by atoms with van der Waals surface area (Å²) in [7, 11) is 0. The predicted octanol–water partition coefficient (Wildman–Crippen LogP) is 2.16. The molecule has 9 heavy (non-hydrogen) atoms. The van der Waals surface area contributed by atoms with Gasteiger partial charge >= 0.3 is 0 Å². The van der Waals surface area contributed by atoms with Crippen LogP contribution in [0.15, 0.2) is 12.7 Å². The van der Waals surface area contributed by atoms with Gasteiger partial charge in [-0.3, -0.25) is 0 Å². The van der Waals surface area contributed by atoms with E-state index in [9.17, 15) is 0 Å². The maximum Gasteiger partial charge on any atom is 0.0727 e. The fourth-order valence-corrected chi connectivity index (χ4v) is 1.76. The number of halogens is 1. The second kappa shape index (κ2) is 3.56. The molecule has 0 aliphatic carbocycles. The van der Waals surface area contributed by atoms with Crippen LogP contribution < -0.4 is 0 Å². The number of hydrogen-bond acceptors (Lipinski definition) is 1. The molecule has 0 aromatic heterocycles. The standard InChI is InChI=1S/C7H11IO/c1-2-3-7-6(8)4-5-9-7/h2,6-7H,1,3-5H2/t6-,7-/m1/s1. The van der Waals surface area contributed by atoms with Crippen molar-refractivity contribution in [2.45, 2.75) is 22.9 Å². The SMILES string of the molecule is C=CC[C@H]1OCC[C@H]1I. The molecule has 0 radical (unpaired) electrons. The minimum Gasteiger partial charge on any atom is -0.377 e. The van der Waals surface area contributed by atoms with Crippen LogP contribution in [0.25, 0.3) is 0 Å². The van der Waals surface area contributed by atoms with Gasteiger partial charge in [0.1, 0.15) is 0 Å². The minimum absolute atomic E-state index is 0.447. The summed E-state index contributed by atoms with van der Waals surface area (Å²) in [5.74, 6) is 0. The van der Waals surface area contributed by atoms with Crippen LogP contribution in [-0.2, 0) is 4.74 Å². The first-order valence-corrected chi connectivity index (χ1v) is 4.45. The van der Waals surface area contributed by atoms with Gasteiger partial charge in [0.05, 0.1) is 6.10 Å². The zero-order valence-corrected chi connectivity index (χ0v) is 7.50. The van der Waals surface area contributed by atoms with Gasteiger partial charge in [0.25, 0.3) is 0 Å². The molecule has 1 aliphatic heterocycles. The van der Waals surface area contributed by atoms with E-state index in [1.807, 2.05) is 6.08 Å². The third-order valence-corrected chi connectivity index (χ3v) is 2.95. The summed E-state index contributed by atoms with van der Waals surface area (Å²) < 4.78 is 6.14. The van der Waals surface area contributed by atoms with Crippen LogP contribution in [0.4, 0.5) is 0 Å². The molecule has 0 aromatic carbocycles. The smallest absolute Gasteiger partial charge is 0.0727 e. The molecule has 0 unspecified atom stereocenters. The third kappa shape index (κ3) is 1.93. The molecule has 2 heteroatoms. The third-order valence-electron chi connectivity index (χ3n) is 1.53. The summed E-state index contributed by atoms with van der Waals surface area (Å²) in [5.41, 5.74) is 0. The molecule has 0 aromatic rings. The van der Waals surface area contributed by atoms with Crippen molar-refractivity contribution in [1.82, 2.24) is 0 Å². The molecule has 1 nitrogen and oxygen atoms in total. The minimum atomic E-state index is 0.447. The van der Waals surface area contributed by atoms with Gasteiger partial charge in [0, 0.05) is 10.5 Å². The van der Waals surface area contributed by atoms with E-state index in [-0.39, 0.29) is 0 Å². The zero-order valence-electron chi connectivity index (χ0n) is 5.35. The molecule has 0 saturated carbocycles. The number of ether oxygens (including phenoxy) is 1. The lowest BCUT2D eigenvalue weighted by Gasteiger charge is -2.08. The maximum atomic E-state index is 5.43. The highest BCUT2D eigenvalue weighted by atomic mass is 127. The van der Waals surface area contributed by atoms with Crippen molar-refractivity contribution in [3.63, 3.8) is 0 Å². The first-order valence-electron chi connectivity index (χ1n) is 3.21. The van der Waals surface area contributed by atoms with E-state index < -0.39 is 0 Å². The molecule has 1 fully saturated rings. The summed E-state index contributed by atoms with van der Waals surface area (Å²) in [6, 6.07) is 0. The van der Waals surface area contributed by atoms with Crippen LogP contribution in [0.2, 0.25) is 0 Å². The molecule has 1 rings (SSSR count). The van der Waals surface area contributed by atoms with Gasteiger partial charge < -0.3 is 4.74 Å². The van der Waals surface area contributed by atoms with E-state index in [0.717, 1.165) is 13.0 Å². The fraction of sp³-hybridized carbons (Fsp3) is 0.714. The molecule has 0 amide bonds. The Morgan fingerprint density at radius 2 is 2.56 bits per heavy atom. The van der Waals surface area contributed by atoms with Crippen molar-refractivity contribution in [2.24, 2.45) is 0 Å². The van der Waals surface area contributed by atoms with Crippen LogP contribution in [0, 0.1) is 0 Å². The lowest BCUT2D eigenvalue weighted by atomic mass is 10.2. The number of hydrogen-bond donors (Lipinski definition) is 0. The van der Waals surface area contributed by atoms with Gasteiger partial charge in [-0.1, -0.05) is 28.7 Å². The van der Waals surface area contributed by atoms with Gasteiger partial charge in [0.15, 0.2) is 0 Å². The van der Waals surface area contributed by atoms with Gasteiger partial charge in [-0.05, 0) is 12.8 Å². The van der Waals surface area contributed by atoms with Crippen LogP contribution in [0.3, 0.4) is 0 Å². The van der Waals surface area contributed by atoms with Crippen molar-refractivity contribution >= 4 is 22.6 Å². The Balaban J connectivity index is 2.30. The summed E-state index contributed by atoms with van der Waals surface area (Å²) in [6.45, 7) is 4.61. The van der Waals surface area contributed by atoms with E-state index in [1.54, 1.807) is 0 Å². The van der Waals surface area contributed by atoms with Crippen LogP contribution in [0.5, 0.6) is 0 Å². The lowest BCUT2D eigenvalue weighted by Crippen LogP contribution is -2.13. The van der Waals surface area contributed by atoms with E-state index in [0.29, 0.717) is 10.0 Å². The fourth-order valence-electron chi connectivity index (χ4n) is 1.00. The van der Waals surface area contributed by atoms with Crippen LogP contribution in [0.1, 0.15) is 12.8 Å². The van der Waals surface area contributed by atoms with Crippen LogP contribution in [-0.4, -0.2) is 16.6 Å². The van der Waals surface area contributed by atoms with Gasteiger partial charge in [-0.15, -0.1) is 6.58 Å². The molecule has 1 aliphatic rings. The topological polar surface area (TPSA) is 9.23 Å². The molecule has 2 atom stereocenters. The Labute approximate surface area is 69.6 Å². The summed E-state index contributed by atoms with van der Waals surface area (Å²) in [5, 5.41) is 0. The second-order valence-corrected chi connectivity index (χ2v) is 3.84. The predicted molar refractivity (Wildman–Crippen MR) is 47.0 cm³/mol. The van der Waals surface area contributed by atoms with E-state index in [1.165, 1.54) is 6.42 Å². The molecule has 1 saturated heterocycles. The second-order valence-electron chi connectivity index (χ2n) is 2.24. The highest BCUT2D eigenvalue weighted by Gasteiger charge is 2.23. The van der Waals surface area contributed by atoms with Crippen LogP contribution >= 0.6 is 22.6 Å². The quantitative estimate of drug-likeness (QED) is 0.407. The summed E-state index contributed by atoms with van der Waals surface area (Å²) in [6.07, 6.45) is 4.59. The van der Waals surface area contributed by atoms with Crippen molar-refractivity contribution in [3.05, 3.63) is 12.7 Å². The average molecular weight is 238 g/mol. The summed E-state index contributed by atoms with van der Waals surface area (Å²) in [4.78, 5) is 0. The molecule has 0 bridgehead atoms. The Kier molecular flexibility index (Phi) is 2.98. The van der Waals surface area contributed by atoms with E-state index in [4.69, 9.17) is 4.74 Å². The first kappa shape index (κ1) is 7.54. The monoisotopic (exact) mass is 238 g/mol. The Morgan fingerprint density at radius 1 is 1.78 bits per heavy atom. The van der Waals surface area contributed by atoms with Gasteiger partial charge in [0.2, 0.25) is 0 Å². The molecule has 0 spiro atoms. The van der Waals surface area contributed by atoms with E-state index in [2.05, 4.69) is 29.2 Å². The molecular formula is C7H11IO. The molecular weight excluding hydrogens is 227 g/mol. The van der Waals surface area contributed by atoms with E-state index >= 15 is 0 Å². The number of alkyl halides is 1. The van der Waals surface area contributed by atoms with Crippen molar-refractivity contribution in [3.8, 4) is 0 Å². The normalized spacial score (nSPS) is 34.8. The molecule has 52 valence electrons. The zero-order chi connectivity index (χ0) is 6.69. The lowest BCUT2D eigenvalue weighted by molar-refractivity contribution is 0.117. The highest BCUT2D eigenvalue weighted by molar-refractivity contribution is 14.1. The number of rotatable bonds is 2. The largest absolute Gasteiger partial charge is 0.377 e.